The number of halogens is 3. The second-order valence-corrected chi connectivity index (χ2v) is 7.12. The van der Waals surface area contributed by atoms with Crippen LogP contribution in [0.25, 0.3) is 0 Å². The van der Waals surface area contributed by atoms with E-state index in [1.54, 1.807) is 13.8 Å². The van der Waals surface area contributed by atoms with Gasteiger partial charge in [-0.1, -0.05) is 30.7 Å². The first kappa shape index (κ1) is 18.8. The molecule has 6 heteroatoms. The van der Waals surface area contributed by atoms with E-state index in [1.165, 1.54) is 5.56 Å². The maximum atomic E-state index is 13.5. The molecule has 1 N–H and O–H groups in total. The van der Waals surface area contributed by atoms with Crippen molar-refractivity contribution < 1.29 is 18.0 Å². The Morgan fingerprint density at radius 1 is 1.25 bits per heavy atom. The van der Waals surface area contributed by atoms with Crippen molar-refractivity contribution in [3.8, 4) is 0 Å². The fourth-order valence-corrected chi connectivity index (χ4v) is 3.29. The molecular weight excluding hydrogens is 317 g/mol. The minimum absolute atomic E-state index is 0.0148. The zero-order valence-corrected chi connectivity index (χ0v) is 14.4. The first-order valence-corrected chi connectivity index (χ1v) is 8.31. The van der Waals surface area contributed by atoms with Crippen LogP contribution in [-0.4, -0.2) is 28.7 Å². The number of unbranched alkanes of at least 4 members (excludes halogenated alkanes) is 1. The number of nitrogens with zero attached hydrogens (tertiary/aromatic N) is 1. The second-order valence-electron chi connectivity index (χ2n) is 7.12. The molecule has 1 aromatic rings. The van der Waals surface area contributed by atoms with Crippen molar-refractivity contribution in [2.75, 3.05) is 0 Å². The van der Waals surface area contributed by atoms with Crippen LogP contribution in [0.4, 0.5) is 13.2 Å². The van der Waals surface area contributed by atoms with Gasteiger partial charge in [-0.25, -0.2) is 5.01 Å². The number of benzene rings is 1. The van der Waals surface area contributed by atoms with Crippen LogP contribution in [0, 0.1) is 6.92 Å². The Balaban J connectivity index is 1.96. The molecular formula is C18H25F3N2O. The van der Waals surface area contributed by atoms with Gasteiger partial charge in [0, 0.05) is 12.0 Å². The van der Waals surface area contributed by atoms with Gasteiger partial charge in [0.25, 0.3) is 0 Å². The van der Waals surface area contributed by atoms with Crippen LogP contribution in [0.1, 0.15) is 50.7 Å². The predicted molar refractivity (Wildman–Crippen MR) is 87.3 cm³/mol. The number of alkyl halides is 3. The van der Waals surface area contributed by atoms with Gasteiger partial charge in [-0.3, -0.25) is 10.2 Å². The minimum Gasteiger partial charge on any atom is -0.288 e. The smallest absolute Gasteiger partial charge is 0.288 e. The topological polar surface area (TPSA) is 32.3 Å². The van der Waals surface area contributed by atoms with Gasteiger partial charge in [0.05, 0.1) is 0 Å². The number of nitrogens with one attached hydrogen (secondary N) is 1. The van der Waals surface area contributed by atoms with E-state index in [9.17, 15) is 18.0 Å². The van der Waals surface area contributed by atoms with Crippen LogP contribution in [0.3, 0.4) is 0 Å². The van der Waals surface area contributed by atoms with Crippen molar-refractivity contribution in [2.24, 2.45) is 0 Å². The SMILES string of the molecule is Cc1ccccc1CCCCC(N1NC(=O)CC1(C)C)C(F)(F)F. The highest BCUT2D eigenvalue weighted by molar-refractivity contribution is 5.78. The minimum atomic E-state index is -4.36. The van der Waals surface area contributed by atoms with E-state index in [0.29, 0.717) is 12.8 Å². The standard InChI is InChI=1S/C18H25F3N2O/c1-13-8-4-5-9-14(13)10-6-7-11-15(18(19,20)21)23-17(2,3)12-16(24)22-23/h4-5,8-9,15H,6-7,10-12H2,1-3H3,(H,22,24). The van der Waals surface area contributed by atoms with Crippen LogP contribution >= 0.6 is 0 Å². The molecule has 0 aliphatic carbocycles. The van der Waals surface area contributed by atoms with Gasteiger partial charge in [0.15, 0.2) is 0 Å². The summed E-state index contributed by atoms with van der Waals surface area (Å²) >= 11 is 0. The maximum absolute atomic E-state index is 13.5. The first-order chi connectivity index (χ1) is 11.1. The fourth-order valence-electron chi connectivity index (χ4n) is 3.29. The van der Waals surface area contributed by atoms with Gasteiger partial charge in [-0.05, 0) is 51.2 Å². The van der Waals surface area contributed by atoms with Gasteiger partial charge in [-0.15, -0.1) is 0 Å². The third-order valence-corrected chi connectivity index (χ3v) is 4.61. The molecule has 1 unspecified atom stereocenters. The Labute approximate surface area is 141 Å². The van der Waals surface area contributed by atoms with Crippen LogP contribution in [-0.2, 0) is 11.2 Å². The zero-order valence-electron chi connectivity index (χ0n) is 14.4. The van der Waals surface area contributed by atoms with Crippen molar-refractivity contribution in [3.63, 3.8) is 0 Å². The summed E-state index contributed by atoms with van der Waals surface area (Å²) in [5.41, 5.74) is 3.91. The summed E-state index contributed by atoms with van der Waals surface area (Å²) in [5.74, 6) is -0.353. The third-order valence-electron chi connectivity index (χ3n) is 4.61. The van der Waals surface area contributed by atoms with Gasteiger partial charge in [0.1, 0.15) is 6.04 Å². The van der Waals surface area contributed by atoms with Gasteiger partial charge in [0.2, 0.25) is 5.91 Å². The number of hydrogen-bond acceptors (Lipinski definition) is 2. The molecule has 0 radical (unpaired) electrons. The highest BCUT2D eigenvalue weighted by Crippen LogP contribution is 2.35. The normalized spacial score (nSPS) is 19.3. The van der Waals surface area contributed by atoms with E-state index in [4.69, 9.17) is 0 Å². The van der Waals surface area contributed by atoms with Gasteiger partial charge in [-0.2, -0.15) is 13.2 Å². The van der Waals surface area contributed by atoms with E-state index in [1.807, 2.05) is 31.2 Å². The highest BCUT2D eigenvalue weighted by atomic mass is 19.4. The highest BCUT2D eigenvalue weighted by Gasteiger charge is 2.51. The summed E-state index contributed by atoms with van der Waals surface area (Å²) in [7, 11) is 0. The number of carbonyl (C=O) groups is 1. The van der Waals surface area contributed by atoms with Gasteiger partial charge < -0.3 is 0 Å². The zero-order chi connectivity index (χ0) is 18.0. The Morgan fingerprint density at radius 3 is 2.46 bits per heavy atom. The monoisotopic (exact) mass is 342 g/mol. The molecule has 1 aliphatic heterocycles. The molecule has 1 atom stereocenters. The average molecular weight is 342 g/mol. The third kappa shape index (κ3) is 4.50. The predicted octanol–water partition coefficient (Wildman–Crippen LogP) is 4.15. The fraction of sp³-hybridized carbons (Fsp3) is 0.611. The summed E-state index contributed by atoms with van der Waals surface area (Å²) in [6.07, 6.45) is -2.37. The molecule has 3 nitrogen and oxygen atoms in total. The van der Waals surface area contributed by atoms with Crippen molar-refractivity contribution in [1.29, 1.82) is 0 Å². The molecule has 134 valence electrons. The Hall–Kier alpha value is -1.56. The lowest BCUT2D eigenvalue weighted by atomic mass is 9.97. The van der Waals surface area contributed by atoms with Crippen molar-refractivity contribution >= 4 is 5.91 Å². The van der Waals surface area contributed by atoms with E-state index in [0.717, 1.165) is 17.0 Å². The Bertz CT molecular complexity index is 584. The van der Waals surface area contributed by atoms with Gasteiger partial charge >= 0.3 is 6.18 Å². The Morgan fingerprint density at radius 2 is 1.92 bits per heavy atom. The van der Waals surface area contributed by atoms with E-state index in [2.05, 4.69) is 5.43 Å². The van der Waals surface area contributed by atoms with Crippen molar-refractivity contribution in [3.05, 3.63) is 35.4 Å². The molecule has 1 saturated heterocycles. The van der Waals surface area contributed by atoms with Crippen molar-refractivity contribution in [1.82, 2.24) is 10.4 Å². The summed E-state index contributed by atoms with van der Waals surface area (Å²) < 4.78 is 40.4. The first-order valence-electron chi connectivity index (χ1n) is 8.31. The second kappa shape index (κ2) is 7.13. The molecule has 1 amide bonds. The van der Waals surface area contributed by atoms with Crippen LogP contribution in [0.2, 0.25) is 0 Å². The molecule has 0 spiro atoms. The molecule has 0 saturated carbocycles. The average Bonchev–Trinajstić information content (AvgIpc) is 2.72. The number of hydrogen-bond donors (Lipinski definition) is 1. The summed E-state index contributed by atoms with van der Waals surface area (Å²) in [6, 6.07) is 6.28. The molecule has 0 bridgehead atoms. The summed E-state index contributed by atoms with van der Waals surface area (Å²) in [6.45, 7) is 5.34. The number of amides is 1. The summed E-state index contributed by atoms with van der Waals surface area (Å²) in [5, 5.41) is 1.10. The molecule has 1 heterocycles. The number of carbonyl (C=O) groups excluding carboxylic acids is 1. The van der Waals surface area contributed by atoms with E-state index < -0.39 is 17.8 Å². The molecule has 1 aromatic carbocycles. The van der Waals surface area contributed by atoms with Crippen LogP contribution in [0.15, 0.2) is 24.3 Å². The van der Waals surface area contributed by atoms with E-state index in [-0.39, 0.29) is 18.7 Å². The van der Waals surface area contributed by atoms with E-state index >= 15 is 0 Å². The lowest BCUT2D eigenvalue weighted by Crippen LogP contribution is -2.56. The molecule has 24 heavy (non-hydrogen) atoms. The molecule has 0 aromatic heterocycles. The van der Waals surface area contributed by atoms with Crippen LogP contribution in [0.5, 0.6) is 0 Å². The maximum Gasteiger partial charge on any atom is 0.405 e. The van der Waals surface area contributed by atoms with Crippen LogP contribution < -0.4 is 5.43 Å². The quantitative estimate of drug-likeness (QED) is 0.788. The lowest BCUT2D eigenvalue weighted by molar-refractivity contribution is -0.202. The summed E-state index contributed by atoms with van der Waals surface area (Å²) in [4.78, 5) is 11.5. The molecule has 1 fully saturated rings. The lowest BCUT2D eigenvalue weighted by Gasteiger charge is -2.37. The number of rotatable bonds is 6. The number of hydrazine groups is 1. The largest absolute Gasteiger partial charge is 0.405 e. The Kier molecular flexibility index (Phi) is 5.58. The van der Waals surface area contributed by atoms with Crippen molar-refractivity contribution in [2.45, 2.75) is 70.6 Å². The molecule has 2 rings (SSSR count). The molecule has 1 aliphatic rings. The number of aryl methyl sites for hydroxylation is 2.